The molecule has 0 saturated heterocycles. The van der Waals surface area contributed by atoms with Gasteiger partial charge in [-0.2, -0.15) is 0 Å². The first-order valence-electron chi connectivity index (χ1n) is 6.53. The molecule has 104 valence electrons. The van der Waals surface area contributed by atoms with Gasteiger partial charge in [-0.15, -0.1) is 11.3 Å². The van der Waals surface area contributed by atoms with Gasteiger partial charge in [-0.25, -0.2) is 0 Å². The van der Waals surface area contributed by atoms with Gasteiger partial charge in [-0.3, -0.25) is 4.79 Å². The predicted molar refractivity (Wildman–Crippen MR) is 80.8 cm³/mol. The summed E-state index contributed by atoms with van der Waals surface area (Å²) in [5.74, 6) is 6.60. The van der Waals surface area contributed by atoms with E-state index in [1.54, 1.807) is 16.2 Å². The molecule has 3 nitrogen and oxygen atoms in total. The standard InChI is InChI=1S/C15H22N2OS/c1-12(2)6-7-15(18)17(3)10-14-9-13(11-19-14)5-4-8-16/h9,11-12H,6-8,10,16H2,1-3H3. The second-order valence-electron chi connectivity index (χ2n) is 4.99. The summed E-state index contributed by atoms with van der Waals surface area (Å²) in [6, 6.07) is 2.03. The van der Waals surface area contributed by atoms with E-state index in [9.17, 15) is 4.79 Å². The van der Waals surface area contributed by atoms with Crippen LogP contribution in [0.5, 0.6) is 0 Å². The zero-order chi connectivity index (χ0) is 14.3. The van der Waals surface area contributed by atoms with E-state index < -0.39 is 0 Å². The molecule has 0 spiro atoms. The number of rotatable bonds is 5. The van der Waals surface area contributed by atoms with Gasteiger partial charge < -0.3 is 10.6 Å². The van der Waals surface area contributed by atoms with Gasteiger partial charge >= 0.3 is 0 Å². The van der Waals surface area contributed by atoms with Crippen LogP contribution in [-0.2, 0) is 11.3 Å². The summed E-state index contributed by atoms with van der Waals surface area (Å²) in [6.07, 6.45) is 1.57. The third-order valence-electron chi connectivity index (χ3n) is 2.74. The minimum Gasteiger partial charge on any atom is -0.341 e. The van der Waals surface area contributed by atoms with E-state index in [2.05, 4.69) is 25.7 Å². The minimum atomic E-state index is 0.205. The van der Waals surface area contributed by atoms with Crippen molar-refractivity contribution < 1.29 is 4.79 Å². The van der Waals surface area contributed by atoms with E-state index in [0.717, 1.165) is 16.9 Å². The number of nitrogens with two attached hydrogens (primary N) is 1. The summed E-state index contributed by atoms with van der Waals surface area (Å²) in [7, 11) is 1.85. The molecule has 0 aliphatic rings. The van der Waals surface area contributed by atoms with Gasteiger partial charge in [0.1, 0.15) is 0 Å². The average molecular weight is 278 g/mol. The van der Waals surface area contributed by atoms with Gasteiger partial charge in [-0.1, -0.05) is 25.7 Å². The number of carbonyl (C=O) groups excluding carboxylic acids is 1. The first-order chi connectivity index (χ1) is 9.02. The molecule has 2 N–H and O–H groups in total. The molecule has 1 heterocycles. The molecule has 0 aliphatic heterocycles. The number of carbonyl (C=O) groups is 1. The van der Waals surface area contributed by atoms with Crippen molar-refractivity contribution in [2.45, 2.75) is 33.2 Å². The lowest BCUT2D eigenvalue weighted by Crippen LogP contribution is -2.25. The zero-order valence-corrected chi connectivity index (χ0v) is 12.7. The highest BCUT2D eigenvalue weighted by molar-refractivity contribution is 7.10. The van der Waals surface area contributed by atoms with Crippen molar-refractivity contribution in [3.63, 3.8) is 0 Å². The highest BCUT2D eigenvalue weighted by Crippen LogP contribution is 2.16. The van der Waals surface area contributed by atoms with E-state index in [0.29, 0.717) is 25.4 Å². The summed E-state index contributed by atoms with van der Waals surface area (Å²) in [6.45, 7) is 5.30. The lowest BCUT2D eigenvalue weighted by molar-refractivity contribution is -0.130. The number of hydrogen-bond acceptors (Lipinski definition) is 3. The summed E-state index contributed by atoms with van der Waals surface area (Å²) in [5.41, 5.74) is 6.32. The van der Waals surface area contributed by atoms with Crippen molar-refractivity contribution in [1.82, 2.24) is 4.90 Å². The van der Waals surface area contributed by atoms with Crippen molar-refractivity contribution in [2.75, 3.05) is 13.6 Å². The van der Waals surface area contributed by atoms with Crippen LogP contribution in [0, 0.1) is 17.8 Å². The first kappa shape index (κ1) is 15.7. The first-order valence-corrected chi connectivity index (χ1v) is 7.41. The zero-order valence-electron chi connectivity index (χ0n) is 11.9. The molecular formula is C15H22N2OS. The fourth-order valence-corrected chi connectivity index (χ4v) is 2.48. The summed E-state index contributed by atoms with van der Waals surface area (Å²) in [4.78, 5) is 14.9. The number of amides is 1. The van der Waals surface area contributed by atoms with Gasteiger partial charge in [-0.05, 0) is 18.4 Å². The second-order valence-corrected chi connectivity index (χ2v) is 5.99. The van der Waals surface area contributed by atoms with E-state index in [1.165, 1.54) is 0 Å². The molecule has 0 unspecified atom stereocenters. The van der Waals surface area contributed by atoms with Crippen LogP contribution in [-0.4, -0.2) is 24.4 Å². The van der Waals surface area contributed by atoms with Crippen LogP contribution in [0.3, 0.4) is 0 Å². The van der Waals surface area contributed by atoms with Crippen LogP contribution >= 0.6 is 11.3 Å². The maximum Gasteiger partial charge on any atom is 0.222 e. The molecule has 1 amide bonds. The number of hydrogen-bond donors (Lipinski definition) is 1. The predicted octanol–water partition coefficient (Wildman–Crippen LogP) is 2.45. The molecule has 0 aromatic carbocycles. The fraction of sp³-hybridized carbons (Fsp3) is 0.533. The molecule has 1 rings (SSSR count). The Balaban J connectivity index is 2.49. The Kier molecular flexibility index (Phi) is 6.61. The van der Waals surface area contributed by atoms with Crippen LogP contribution in [0.4, 0.5) is 0 Å². The Bertz CT molecular complexity index is 468. The molecule has 0 atom stereocenters. The smallest absolute Gasteiger partial charge is 0.222 e. The summed E-state index contributed by atoms with van der Waals surface area (Å²) in [5, 5.41) is 2.00. The van der Waals surface area contributed by atoms with Crippen molar-refractivity contribution >= 4 is 17.2 Å². The van der Waals surface area contributed by atoms with E-state index in [4.69, 9.17) is 5.73 Å². The van der Waals surface area contributed by atoms with Crippen LogP contribution in [0.15, 0.2) is 11.4 Å². The van der Waals surface area contributed by atoms with E-state index >= 15 is 0 Å². The highest BCUT2D eigenvalue weighted by Gasteiger charge is 2.10. The molecule has 19 heavy (non-hydrogen) atoms. The topological polar surface area (TPSA) is 46.3 Å². The lowest BCUT2D eigenvalue weighted by atomic mass is 10.1. The van der Waals surface area contributed by atoms with Crippen molar-refractivity contribution in [3.8, 4) is 11.8 Å². The average Bonchev–Trinajstić information content (AvgIpc) is 2.80. The second kappa shape index (κ2) is 7.98. The van der Waals surface area contributed by atoms with Crippen LogP contribution in [0.1, 0.15) is 37.1 Å². The van der Waals surface area contributed by atoms with Gasteiger partial charge in [0.25, 0.3) is 0 Å². The Morgan fingerprint density at radius 3 is 2.89 bits per heavy atom. The Morgan fingerprint density at radius 2 is 2.26 bits per heavy atom. The molecule has 0 aliphatic carbocycles. The summed E-state index contributed by atoms with van der Waals surface area (Å²) >= 11 is 1.63. The van der Waals surface area contributed by atoms with Crippen LogP contribution < -0.4 is 5.73 Å². The molecule has 4 heteroatoms. The van der Waals surface area contributed by atoms with Crippen molar-refractivity contribution in [1.29, 1.82) is 0 Å². The van der Waals surface area contributed by atoms with Gasteiger partial charge in [0.15, 0.2) is 0 Å². The van der Waals surface area contributed by atoms with Gasteiger partial charge in [0, 0.05) is 29.3 Å². The molecule has 1 aromatic heterocycles. The Labute approximate surface area is 119 Å². The molecule has 0 fully saturated rings. The van der Waals surface area contributed by atoms with E-state index in [1.807, 2.05) is 18.5 Å². The third kappa shape index (κ3) is 5.91. The molecular weight excluding hydrogens is 256 g/mol. The van der Waals surface area contributed by atoms with Gasteiger partial charge in [0.05, 0.1) is 13.1 Å². The largest absolute Gasteiger partial charge is 0.341 e. The quantitative estimate of drug-likeness (QED) is 0.841. The molecule has 1 aromatic rings. The fourth-order valence-electron chi connectivity index (χ4n) is 1.61. The lowest BCUT2D eigenvalue weighted by Gasteiger charge is -2.16. The monoisotopic (exact) mass is 278 g/mol. The molecule has 0 saturated carbocycles. The molecule has 0 bridgehead atoms. The van der Waals surface area contributed by atoms with E-state index in [-0.39, 0.29) is 5.91 Å². The van der Waals surface area contributed by atoms with Crippen LogP contribution in [0.25, 0.3) is 0 Å². The SMILES string of the molecule is CC(C)CCC(=O)N(C)Cc1cc(C#CCN)cs1. The Hall–Kier alpha value is -1.31. The molecule has 0 radical (unpaired) electrons. The number of nitrogens with zero attached hydrogens (tertiary/aromatic N) is 1. The Morgan fingerprint density at radius 1 is 1.53 bits per heavy atom. The highest BCUT2D eigenvalue weighted by atomic mass is 32.1. The maximum absolute atomic E-state index is 11.9. The van der Waals surface area contributed by atoms with Crippen molar-refractivity contribution in [2.24, 2.45) is 11.7 Å². The minimum absolute atomic E-state index is 0.205. The normalized spacial score (nSPS) is 10.2. The third-order valence-corrected chi connectivity index (χ3v) is 3.66. The van der Waals surface area contributed by atoms with Crippen LogP contribution in [0.2, 0.25) is 0 Å². The maximum atomic E-state index is 11.9. The summed E-state index contributed by atoms with van der Waals surface area (Å²) < 4.78 is 0. The van der Waals surface area contributed by atoms with Crippen molar-refractivity contribution in [3.05, 3.63) is 21.9 Å². The number of thiophene rings is 1. The van der Waals surface area contributed by atoms with Gasteiger partial charge in [0.2, 0.25) is 5.91 Å².